The Bertz CT molecular complexity index is 200. The lowest BCUT2D eigenvalue weighted by molar-refractivity contribution is 0.212. The Balaban J connectivity index is 2.15. The highest BCUT2D eigenvalue weighted by atomic mass is 79.9. The van der Waals surface area contributed by atoms with Crippen molar-refractivity contribution in [2.45, 2.75) is 89.8 Å². The molecule has 1 fully saturated rings. The zero-order valence-electron chi connectivity index (χ0n) is 12.8. The van der Waals surface area contributed by atoms with Crippen LogP contribution in [0.4, 0.5) is 0 Å². The van der Waals surface area contributed by atoms with Gasteiger partial charge in [-0.15, -0.1) is 0 Å². The molecule has 0 radical (unpaired) electrons. The molecule has 0 aromatic carbocycles. The summed E-state index contributed by atoms with van der Waals surface area (Å²) < 4.78 is 0. The number of rotatable bonds is 8. The maximum absolute atomic E-state index is 3.93. The first kappa shape index (κ1) is 16.5. The quantitative estimate of drug-likeness (QED) is 0.351. The molecular weight excluding hydrogens is 284 g/mol. The van der Waals surface area contributed by atoms with Gasteiger partial charge in [0.25, 0.3) is 0 Å². The first-order valence-electron chi connectivity index (χ1n) is 8.29. The van der Waals surface area contributed by atoms with E-state index in [2.05, 4.69) is 36.7 Å². The van der Waals surface area contributed by atoms with Gasteiger partial charge in [0.15, 0.2) is 0 Å². The molecule has 1 rings (SSSR count). The molecule has 1 saturated carbocycles. The van der Waals surface area contributed by atoms with Crippen LogP contribution in [0.2, 0.25) is 0 Å². The first-order chi connectivity index (χ1) is 8.65. The number of hydrogen-bond acceptors (Lipinski definition) is 0. The molecule has 0 aromatic rings. The average Bonchev–Trinajstić information content (AvgIpc) is 2.35. The van der Waals surface area contributed by atoms with E-state index in [0.717, 1.165) is 22.6 Å². The molecule has 0 aromatic heterocycles. The average molecular weight is 317 g/mol. The predicted molar refractivity (Wildman–Crippen MR) is 86.4 cm³/mol. The van der Waals surface area contributed by atoms with Crippen LogP contribution in [-0.2, 0) is 0 Å². The molecule has 0 bridgehead atoms. The van der Waals surface area contributed by atoms with Crippen molar-refractivity contribution in [2.24, 2.45) is 17.8 Å². The fourth-order valence-corrected chi connectivity index (χ4v) is 4.10. The van der Waals surface area contributed by atoms with Crippen molar-refractivity contribution in [3.8, 4) is 0 Å². The summed E-state index contributed by atoms with van der Waals surface area (Å²) >= 11 is 3.93. The van der Waals surface area contributed by atoms with Gasteiger partial charge in [-0.1, -0.05) is 75.2 Å². The Kier molecular flexibility index (Phi) is 8.63. The molecule has 1 aliphatic rings. The van der Waals surface area contributed by atoms with Crippen LogP contribution in [0.5, 0.6) is 0 Å². The van der Waals surface area contributed by atoms with Gasteiger partial charge in [0, 0.05) is 4.83 Å². The lowest BCUT2D eigenvalue weighted by Gasteiger charge is -2.35. The van der Waals surface area contributed by atoms with Gasteiger partial charge in [0.2, 0.25) is 0 Å². The fraction of sp³-hybridized carbons (Fsp3) is 1.00. The predicted octanol–water partition coefficient (Wildman–Crippen LogP) is 6.57. The maximum Gasteiger partial charge on any atom is 0.0174 e. The van der Waals surface area contributed by atoms with Crippen molar-refractivity contribution >= 4 is 15.9 Å². The van der Waals surface area contributed by atoms with Gasteiger partial charge in [-0.05, 0) is 43.4 Å². The molecule has 0 nitrogen and oxygen atoms in total. The monoisotopic (exact) mass is 316 g/mol. The van der Waals surface area contributed by atoms with E-state index >= 15 is 0 Å². The minimum absolute atomic E-state index is 0.808. The molecule has 1 aliphatic carbocycles. The van der Waals surface area contributed by atoms with Gasteiger partial charge < -0.3 is 0 Å². The summed E-state index contributed by atoms with van der Waals surface area (Å²) in [5, 5.41) is 0. The normalized spacial score (nSPS) is 28.8. The van der Waals surface area contributed by atoms with Crippen LogP contribution in [0.25, 0.3) is 0 Å². The van der Waals surface area contributed by atoms with E-state index in [4.69, 9.17) is 0 Å². The highest BCUT2D eigenvalue weighted by molar-refractivity contribution is 9.09. The molecule has 1 heteroatoms. The second kappa shape index (κ2) is 9.39. The minimum Gasteiger partial charge on any atom is -0.0888 e. The highest BCUT2D eigenvalue weighted by Gasteiger charge is 2.29. The van der Waals surface area contributed by atoms with Crippen LogP contribution in [0, 0.1) is 17.8 Å². The van der Waals surface area contributed by atoms with Crippen LogP contribution in [0.1, 0.15) is 85.0 Å². The minimum atomic E-state index is 0.808. The number of halogens is 1. The van der Waals surface area contributed by atoms with Gasteiger partial charge in [0.1, 0.15) is 0 Å². The summed E-state index contributed by atoms with van der Waals surface area (Å²) in [5.41, 5.74) is 0. The van der Waals surface area contributed by atoms with E-state index in [0.29, 0.717) is 0 Å². The lowest BCUT2D eigenvalue weighted by Crippen LogP contribution is -2.27. The molecule has 3 unspecified atom stereocenters. The molecule has 0 saturated heterocycles. The Morgan fingerprint density at radius 2 is 1.67 bits per heavy atom. The summed E-state index contributed by atoms with van der Waals surface area (Å²) in [6.07, 6.45) is 14.4. The third kappa shape index (κ3) is 6.08. The molecule has 0 spiro atoms. The third-order valence-corrected chi connectivity index (χ3v) is 6.01. The standard InChI is InChI=1S/C17H33Br/c1-4-5-6-7-8-9-10-16-13-15(14(2)3)11-12-17(16)18/h14-17H,4-13H2,1-3H3. The highest BCUT2D eigenvalue weighted by Crippen LogP contribution is 2.39. The van der Waals surface area contributed by atoms with Crippen LogP contribution in [-0.4, -0.2) is 4.83 Å². The number of hydrogen-bond donors (Lipinski definition) is 0. The Hall–Kier alpha value is 0.480. The molecular formula is C17H33Br. The van der Waals surface area contributed by atoms with E-state index in [9.17, 15) is 0 Å². The van der Waals surface area contributed by atoms with Crippen molar-refractivity contribution in [3.05, 3.63) is 0 Å². The summed E-state index contributed by atoms with van der Waals surface area (Å²) in [6, 6.07) is 0. The van der Waals surface area contributed by atoms with Crippen LogP contribution < -0.4 is 0 Å². The first-order valence-corrected chi connectivity index (χ1v) is 9.20. The maximum atomic E-state index is 3.93. The summed E-state index contributed by atoms with van der Waals surface area (Å²) in [7, 11) is 0. The SMILES string of the molecule is CCCCCCCCC1CC(C(C)C)CCC1Br. The Morgan fingerprint density at radius 3 is 2.33 bits per heavy atom. The zero-order chi connectivity index (χ0) is 13.4. The molecule has 3 atom stereocenters. The van der Waals surface area contributed by atoms with Crippen molar-refractivity contribution in [3.63, 3.8) is 0 Å². The van der Waals surface area contributed by atoms with E-state index in [1.807, 2.05) is 0 Å². The Labute approximate surface area is 123 Å². The van der Waals surface area contributed by atoms with E-state index < -0.39 is 0 Å². The number of alkyl halides is 1. The van der Waals surface area contributed by atoms with Gasteiger partial charge in [-0.3, -0.25) is 0 Å². The van der Waals surface area contributed by atoms with E-state index in [1.165, 1.54) is 64.2 Å². The summed E-state index contributed by atoms with van der Waals surface area (Å²) in [6.45, 7) is 7.10. The van der Waals surface area contributed by atoms with Gasteiger partial charge >= 0.3 is 0 Å². The smallest absolute Gasteiger partial charge is 0.0174 e. The Morgan fingerprint density at radius 1 is 1.00 bits per heavy atom. The van der Waals surface area contributed by atoms with Gasteiger partial charge in [-0.2, -0.15) is 0 Å². The molecule has 0 amide bonds. The number of unbranched alkanes of at least 4 members (excludes halogenated alkanes) is 5. The summed E-state index contributed by atoms with van der Waals surface area (Å²) in [4.78, 5) is 0.808. The zero-order valence-corrected chi connectivity index (χ0v) is 14.3. The van der Waals surface area contributed by atoms with E-state index in [-0.39, 0.29) is 0 Å². The van der Waals surface area contributed by atoms with Crippen LogP contribution in [0.15, 0.2) is 0 Å². The van der Waals surface area contributed by atoms with Gasteiger partial charge in [-0.25, -0.2) is 0 Å². The second-order valence-electron chi connectivity index (χ2n) is 6.65. The van der Waals surface area contributed by atoms with Crippen LogP contribution >= 0.6 is 15.9 Å². The molecule has 0 N–H and O–H groups in total. The van der Waals surface area contributed by atoms with Crippen LogP contribution in [0.3, 0.4) is 0 Å². The largest absolute Gasteiger partial charge is 0.0888 e. The van der Waals surface area contributed by atoms with Gasteiger partial charge in [0.05, 0.1) is 0 Å². The lowest BCUT2D eigenvalue weighted by atomic mass is 9.74. The molecule has 0 heterocycles. The van der Waals surface area contributed by atoms with Crippen molar-refractivity contribution < 1.29 is 0 Å². The van der Waals surface area contributed by atoms with E-state index in [1.54, 1.807) is 0 Å². The van der Waals surface area contributed by atoms with Crippen molar-refractivity contribution in [2.75, 3.05) is 0 Å². The topological polar surface area (TPSA) is 0 Å². The summed E-state index contributed by atoms with van der Waals surface area (Å²) in [5.74, 6) is 2.83. The second-order valence-corrected chi connectivity index (χ2v) is 7.83. The molecule has 0 aliphatic heterocycles. The van der Waals surface area contributed by atoms with Crippen molar-refractivity contribution in [1.82, 2.24) is 0 Å². The third-order valence-electron chi connectivity index (χ3n) is 4.80. The molecule has 108 valence electrons. The molecule has 18 heavy (non-hydrogen) atoms. The fourth-order valence-electron chi connectivity index (χ4n) is 3.35. The van der Waals surface area contributed by atoms with Crippen molar-refractivity contribution in [1.29, 1.82) is 0 Å².